The molecule has 1 aliphatic heterocycles. The van der Waals surface area contributed by atoms with Gasteiger partial charge < -0.3 is 5.11 Å². The van der Waals surface area contributed by atoms with Crippen molar-refractivity contribution in [1.82, 2.24) is 4.90 Å². The maximum absolute atomic E-state index is 13.0. The predicted molar refractivity (Wildman–Crippen MR) is 58.9 cm³/mol. The van der Waals surface area contributed by atoms with Crippen molar-refractivity contribution in [1.29, 1.82) is 0 Å². The number of likely N-dealkylation sites (tertiary alicyclic amines) is 1. The van der Waals surface area contributed by atoms with E-state index in [1.54, 1.807) is 0 Å². The fourth-order valence-corrected chi connectivity index (χ4v) is 2.02. The summed E-state index contributed by atoms with van der Waals surface area (Å²) in [5, 5.41) is 19.6. The molecular weight excluding hydrogens is 227 g/mol. The minimum absolute atomic E-state index is 0.0566. The Bertz CT molecular complexity index is 433. The van der Waals surface area contributed by atoms with Gasteiger partial charge in [-0.3, -0.25) is 15.0 Å². The van der Waals surface area contributed by atoms with Crippen molar-refractivity contribution in [3.8, 4) is 0 Å². The Morgan fingerprint density at radius 1 is 1.53 bits per heavy atom. The number of rotatable bonds is 4. The number of nitro benzene ring substituents is 1. The first-order chi connectivity index (χ1) is 8.10. The second kappa shape index (κ2) is 4.77. The first kappa shape index (κ1) is 11.9. The van der Waals surface area contributed by atoms with Crippen LogP contribution < -0.4 is 0 Å². The molecule has 0 amide bonds. The molecule has 0 aromatic heterocycles. The summed E-state index contributed by atoms with van der Waals surface area (Å²) in [6.45, 7) is 1.88. The topological polar surface area (TPSA) is 66.6 Å². The molecule has 1 heterocycles. The lowest BCUT2D eigenvalue weighted by Gasteiger charge is -2.38. The number of aliphatic hydroxyl groups is 1. The van der Waals surface area contributed by atoms with Gasteiger partial charge in [-0.2, -0.15) is 0 Å². The van der Waals surface area contributed by atoms with Crippen molar-refractivity contribution in [2.45, 2.75) is 6.54 Å². The van der Waals surface area contributed by atoms with Crippen LogP contribution in [0.3, 0.4) is 0 Å². The third-order valence-electron chi connectivity index (χ3n) is 2.92. The van der Waals surface area contributed by atoms with E-state index in [0.717, 1.165) is 6.07 Å². The van der Waals surface area contributed by atoms with Gasteiger partial charge in [-0.05, 0) is 12.1 Å². The van der Waals surface area contributed by atoms with Gasteiger partial charge in [0.25, 0.3) is 5.69 Å². The summed E-state index contributed by atoms with van der Waals surface area (Å²) < 4.78 is 13.0. The molecule has 92 valence electrons. The molecule has 6 heteroatoms. The van der Waals surface area contributed by atoms with E-state index in [0.29, 0.717) is 25.2 Å². The summed E-state index contributed by atoms with van der Waals surface area (Å²) in [5.74, 6) is -0.229. The fourth-order valence-electron chi connectivity index (χ4n) is 2.02. The smallest absolute Gasteiger partial charge is 0.274 e. The third kappa shape index (κ3) is 2.59. The van der Waals surface area contributed by atoms with E-state index in [1.807, 2.05) is 4.90 Å². The first-order valence-corrected chi connectivity index (χ1v) is 5.36. The van der Waals surface area contributed by atoms with Crippen molar-refractivity contribution < 1.29 is 14.4 Å². The van der Waals surface area contributed by atoms with Crippen LogP contribution in [0.15, 0.2) is 18.2 Å². The number of aliphatic hydroxyl groups excluding tert-OH is 1. The summed E-state index contributed by atoms with van der Waals surface area (Å²) in [5.41, 5.74) is 0.324. The second-order valence-corrected chi connectivity index (χ2v) is 4.27. The SMILES string of the molecule is O=[N+]([O-])c1ccc(F)cc1CN1CC(CO)C1. The lowest BCUT2D eigenvalue weighted by molar-refractivity contribution is -0.385. The molecule has 0 spiro atoms. The van der Waals surface area contributed by atoms with Crippen molar-refractivity contribution >= 4 is 5.69 Å². The molecule has 1 saturated heterocycles. The Labute approximate surface area is 97.6 Å². The second-order valence-electron chi connectivity index (χ2n) is 4.27. The summed E-state index contributed by atoms with van der Waals surface area (Å²) in [6, 6.07) is 3.48. The molecule has 0 saturated carbocycles. The predicted octanol–water partition coefficient (Wildman–Crippen LogP) is 1.16. The molecule has 0 atom stereocenters. The van der Waals surface area contributed by atoms with Gasteiger partial charge in [-0.15, -0.1) is 0 Å². The monoisotopic (exact) mass is 240 g/mol. The van der Waals surface area contributed by atoms with Gasteiger partial charge in [0.1, 0.15) is 5.82 Å². The normalized spacial score (nSPS) is 16.8. The Morgan fingerprint density at radius 3 is 2.82 bits per heavy atom. The van der Waals surface area contributed by atoms with E-state index in [1.165, 1.54) is 12.1 Å². The number of nitro groups is 1. The number of hydrogen-bond acceptors (Lipinski definition) is 4. The third-order valence-corrected chi connectivity index (χ3v) is 2.92. The molecule has 1 aliphatic rings. The van der Waals surface area contributed by atoms with Crippen LogP contribution in [0.25, 0.3) is 0 Å². The van der Waals surface area contributed by atoms with E-state index in [9.17, 15) is 14.5 Å². The molecule has 0 radical (unpaired) electrons. The molecule has 1 aromatic rings. The summed E-state index contributed by atoms with van der Waals surface area (Å²) in [6.07, 6.45) is 0. The van der Waals surface area contributed by atoms with Crippen molar-refractivity contribution in [3.05, 3.63) is 39.7 Å². The Balaban J connectivity index is 2.09. The van der Waals surface area contributed by atoms with Gasteiger partial charge in [-0.1, -0.05) is 0 Å². The van der Waals surface area contributed by atoms with Crippen LogP contribution in [0, 0.1) is 21.8 Å². The van der Waals surface area contributed by atoms with Crippen LogP contribution in [0.5, 0.6) is 0 Å². The molecule has 0 unspecified atom stereocenters. The number of benzene rings is 1. The van der Waals surface area contributed by atoms with Crippen LogP contribution in [0.2, 0.25) is 0 Å². The molecule has 1 fully saturated rings. The first-order valence-electron chi connectivity index (χ1n) is 5.36. The summed E-state index contributed by atoms with van der Waals surface area (Å²) in [4.78, 5) is 12.2. The van der Waals surface area contributed by atoms with Gasteiger partial charge in [0.15, 0.2) is 0 Å². The molecule has 5 nitrogen and oxygen atoms in total. The van der Waals surface area contributed by atoms with E-state index in [-0.39, 0.29) is 18.2 Å². The molecule has 1 aromatic carbocycles. The Hall–Kier alpha value is -1.53. The maximum Gasteiger partial charge on any atom is 0.274 e. The Kier molecular flexibility index (Phi) is 3.35. The largest absolute Gasteiger partial charge is 0.396 e. The van der Waals surface area contributed by atoms with E-state index < -0.39 is 10.7 Å². The minimum Gasteiger partial charge on any atom is -0.396 e. The van der Waals surface area contributed by atoms with E-state index in [2.05, 4.69) is 0 Å². The lowest BCUT2D eigenvalue weighted by atomic mass is 10.00. The van der Waals surface area contributed by atoms with Crippen molar-refractivity contribution in [2.24, 2.45) is 5.92 Å². The van der Waals surface area contributed by atoms with Crippen LogP contribution >= 0.6 is 0 Å². The average molecular weight is 240 g/mol. The standard InChI is InChI=1S/C11H13FN2O3/c12-10-1-2-11(14(16)17)9(3-10)6-13-4-8(5-13)7-15/h1-3,8,15H,4-7H2. The molecule has 2 rings (SSSR count). The van der Waals surface area contributed by atoms with Gasteiger partial charge in [0, 0.05) is 43.8 Å². The van der Waals surface area contributed by atoms with Crippen LogP contribution in [-0.2, 0) is 6.54 Å². The highest BCUT2D eigenvalue weighted by atomic mass is 19.1. The molecular formula is C11H13FN2O3. The zero-order valence-electron chi connectivity index (χ0n) is 9.17. The summed E-state index contributed by atoms with van der Waals surface area (Å²) >= 11 is 0. The highest BCUT2D eigenvalue weighted by Crippen LogP contribution is 2.24. The quantitative estimate of drug-likeness (QED) is 0.633. The van der Waals surface area contributed by atoms with Crippen LogP contribution in [-0.4, -0.2) is 34.6 Å². The zero-order valence-corrected chi connectivity index (χ0v) is 9.17. The zero-order chi connectivity index (χ0) is 12.4. The lowest BCUT2D eigenvalue weighted by Crippen LogP contribution is -2.47. The van der Waals surface area contributed by atoms with Gasteiger partial charge in [0.05, 0.1) is 4.92 Å². The highest BCUT2D eigenvalue weighted by molar-refractivity contribution is 5.40. The molecule has 17 heavy (non-hydrogen) atoms. The number of nitrogens with zero attached hydrogens (tertiary/aromatic N) is 2. The average Bonchev–Trinajstić information content (AvgIpc) is 2.22. The number of hydrogen-bond donors (Lipinski definition) is 1. The van der Waals surface area contributed by atoms with Gasteiger partial charge >= 0.3 is 0 Å². The van der Waals surface area contributed by atoms with Crippen LogP contribution in [0.4, 0.5) is 10.1 Å². The number of halogens is 1. The Morgan fingerprint density at radius 2 is 2.24 bits per heavy atom. The molecule has 0 bridgehead atoms. The highest BCUT2D eigenvalue weighted by Gasteiger charge is 2.27. The van der Waals surface area contributed by atoms with Gasteiger partial charge in [0.2, 0.25) is 0 Å². The van der Waals surface area contributed by atoms with Crippen molar-refractivity contribution in [2.75, 3.05) is 19.7 Å². The summed E-state index contributed by atoms with van der Waals surface area (Å²) in [7, 11) is 0. The van der Waals surface area contributed by atoms with Crippen molar-refractivity contribution in [3.63, 3.8) is 0 Å². The van der Waals surface area contributed by atoms with E-state index in [4.69, 9.17) is 5.11 Å². The fraction of sp³-hybridized carbons (Fsp3) is 0.455. The van der Waals surface area contributed by atoms with Gasteiger partial charge in [-0.25, -0.2) is 4.39 Å². The maximum atomic E-state index is 13.0. The van der Waals surface area contributed by atoms with E-state index >= 15 is 0 Å². The van der Waals surface area contributed by atoms with Crippen LogP contribution in [0.1, 0.15) is 5.56 Å². The minimum atomic E-state index is -0.502. The molecule has 0 aliphatic carbocycles. The molecule has 1 N–H and O–H groups in total.